The van der Waals surface area contributed by atoms with Crippen LogP contribution in [0.1, 0.15) is 17.7 Å². The van der Waals surface area contributed by atoms with E-state index in [-0.39, 0.29) is 5.78 Å². The summed E-state index contributed by atoms with van der Waals surface area (Å²) in [5.41, 5.74) is 4.47. The zero-order chi connectivity index (χ0) is 18.6. The van der Waals surface area contributed by atoms with Gasteiger partial charge in [0.1, 0.15) is 5.78 Å². The molecule has 0 aromatic carbocycles. The second-order valence-electron chi connectivity index (χ2n) is 6.54. The molecule has 0 aliphatic heterocycles. The van der Waals surface area contributed by atoms with E-state index >= 15 is 0 Å². The highest BCUT2D eigenvalue weighted by atomic mass is 16.1. The molecule has 0 unspecified atom stereocenters. The minimum atomic E-state index is 0.161. The lowest BCUT2D eigenvalue weighted by Crippen LogP contribution is -2.06. The maximum absolute atomic E-state index is 12.3. The number of aromatic nitrogens is 5. The molecule has 6 nitrogen and oxygen atoms in total. The van der Waals surface area contributed by atoms with Crippen LogP contribution in [0.2, 0.25) is 0 Å². The fraction of sp³-hybridized carbons (Fsp3) is 0.190. The van der Waals surface area contributed by atoms with Gasteiger partial charge in [-0.05, 0) is 36.2 Å². The third-order valence-corrected chi connectivity index (χ3v) is 4.42. The highest BCUT2D eigenvalue weighted by Gasteiger charge is 2.09. The lowest BCUT2D eigenvalue weighted by Gasteiger charge is -2.04. The number of ketones is 1. The Bertz CT molecular complexity index is 1090. The van der Waals surface area contributed by atoms with Gasteiger partial charge in [-0.2, -0.15) is 5.10 Å². The summed E-state index contributed by atoms with van der Waals surface area (Å²) in [4.78, 5) is 25.5. The molecule has 0 saturated carbocycles. The molecule has 134 valence electrons. The highest BCUT2D eigenvalue weighted by molar-refractivity contribution is 5.84. The Hall–Kier alpha value is -3.41. The van der Waals surface area contributed by atoms with E-state index in [1.54, 1.807) is 29.5 Å². The van der Waals surface area contributed by atoms with Crippen LogP contribution in [0.15, 0.2) is 61.3 Å². The van der Waals surface area contributed by atoms with E-state index in [9.17, 15) is 4.79 Å². The quantitative estimate of drug-likeness (QED) is 0.530. The fourth-order valence-corrected chi connectivity index (χ4v) is 2.99. The number of Topliss-reactive ketones (excluding diaryl/α,β-unsaturated/α-hetero) is 1. The predicted octanol–water partition coefficient (Wildman–Crippen LogP) is 3.17. The van der Waals surface area contributed by atoms with Gasteiger partial charge in [0.2, 0.25) is 0 Å². The first-order chi connectivity index (χ1) is 13.2. The smallest absolute Gasteiger partial charge is 0.139 e. The van der Waals surface area contributed by atoms with Crippen molar-refractivity contribution in [2.24, 2.45) is 7.05 Å². The number of hydrogen-bond acceptors (Lipinski definition) is 5. The molecule has 0 saturated heterocycles. The molecule has 0 spiro atoms. The van der Waals surface area contributed by atoms with Gasteiger partial charge in [-0.3, -0.25) is 19.4 Å². The van der Waals surface area contributed by atoms with Crippen molar-refractivity contribution < 1.29 is 4.79 Å². The minimum Gasteiger partial charge on any atom is -0.299 e. The standard InChI is InChI=1S/C21H19N5O/c1-26-14-17(13-24-26)20-7-5-16-12-23-18(10-21(16)25-20)9-19(27)6-4-15-3-2-8-22-11-15/h2-3,5,7-8,10-14H,4,6,9H2,1H3. The first kappa shape index (κ1) is 17.0. The summed E-state index contributed by atoms with van der Waals surface area (Å²) < 4.78 is 1.75. The van der Waals surface area contributed by atoms with Gasteiger partial charge in [0.25, 0.3) is 0 Å². The van der Waals surface area contributed by atoms with Crippen molar-refractivity contribution >= 4 is 16.7 Å². The van der Waals surface area contributed by atoms with Crippen molar-refractivity contribution in [3.63, 3.8) is 0 Å². The second kappa shape index (κ2) is 7.45. The zero-order valence-electron chi connectivity index (χ0n) is 15.0. The summed E-state index contributed by atoms with van der Waals surface area (Å²) in [6.45, 7) is 0. The molecule has 0 amide bonds. The summed E-state index contributed by atoms with van der Waals surface area (Å²) in [6.07, 6.45) is 10.5. The molecule has 0 N–H and O–H groups in total. The predicted molar refractivity (Wildman–Crippen MR) is 103 cm³/mol. The van der Waals surface area contributed by atoms with Gasteiger partial charge in [-0.15, -0.1) is 0 Å². The Balaban J connectivity index is 1.49. The third-order valence-electron chi connectivity index (χ3n) is 4.42. The van der Waals surface area contributed by atoms with E-state index in [0.717, 1.165) is 33.4 Å². The third kappa shape index (κ3) is 4.06. The summed E-state index contributed by atoms with van der Waals surface area (Å²) in [5, 5.41) is 5.14. The number of aryl methyl sites for hydroxylation is 2. The molecule has 4 rings (SSSR count). The van der Waals surface area contributed by atoms with Crippen LogP contribution >= 0.6 is 0 Å². The van der Waals surface area contributed by atoms with Crippen LogP contribution in [0.5, 0.6) is 0 Å². The molecule has 0 fully saturated rings. The Morgan fingerprint density at radius 2 is 2.07 bits per heavy atom. The first-order valence-corrected chi connectivity index (χ1v) is 8.83. The van der Waals surface area contributed by atoms with Crippen LogP contribution in [-0.2, 0) is 24.7 Å². The number of rotatable bonds is 6. The second-order valence-corrected chi connectivity index (χ2v) is 6.54. The van der Waals surface area contributed by atoms with Crippen LogP contribution in [-0.4, -0.2) is 30.5 Å². The normalized spacial score (nSPS) is 11.0. The summed E-state index contributed by atoms with van der Waals surface area (Å²) in [7, 11) is 1.88. The van der Waals surface area contributed by atoms with Gasteiger partial charge < -0.3 is 0 Å². The SMILES string of the molecule is Cn1cc(-c2ccc3cnc(CC(=O)CCc4cccnc4)cc3n2)cn1. The van der Waals surface area contributed by atoms with E-state index < -0.39 is 0 Å². The van der Waals surface area contributed by atoms with Gasteiger partial charge in [0, 0.05) is 61.3 Å². The Kier molecular flexibility index (Phi) is 4.70. The number of hydrogen-bond donors (Lipinski definition) is 0. The van der Waals surface area contributed by atoms with E-state index in [0.29, 0.717) is 19.3 Å². The topological polar surface area (TPSA) is 73.6 Å². The molecule has 0 atom stereocenters. The highest BCUT2D eigenvalue weighted by Crippen LogP contribution is 2.20. The summed E-state index contributed by atoms with van der Waals surface area (Å²) in [5.74, 6) is 0.161. The van der Waals surface area contributed by atoms with Crippen LogP contribution in [0.25, 0.3) is 22.2 Å². The molecular weight excluding hydrogens is 338 g/mol. The molecule has 4 aromatic rings. The Labute approximate surface area is 156 Å². The maximum atomic E-state index is 12.3. The monoisotopic (exact) mass is 357 g/mol. The average Bonchev–Trinajstić information content (AvgIpc) is 3.13. The van der Waals surface area contributed by atoms with Gasteiger partial charge in [-0.25, -0.2) is 4.98 Å². The van der Waals surface area contributed by atoms with Crippen LogP contribution in [0.4, 0.5) is 0 Å². The van der Waals surface area contributed by atoms with Crippen LogP contribution in [0, 0.1) is 0 Å². The summed E-state index contributed by atoms with van der Waals surface area (Å²) >= 11 is 0. The number of pyridine rings is 3. The van der Waals surface area contributed by atoms with Crippen LogP contribution < -0.4 is 0 Å². The number of nitrogens with zero attached hydrogens (tertiary/aromatic N) is 5. The van der Waals surface area contributed by atoms with Gasteiger partial charge in [0.05, 0.1) is 17.4 Å². The van der Waals surface area contributed by atoms with Crippen molar-refractivity contribution in [2.75, 3.05) is 0 Å². The zero-order valence-corrected chi connectivity index (χ0v) is 15.0. The molecule has 0 bridgehead atoms. The minimum absolute atomic E-state index is 0.161. The lowest BCUT2D eigenvalue weighted by atomic mass is 10.1. The number of carbonyl (C=O) groups excluding carboxylic acids is 1. The fourth-order valence-electron chi connectivity index (χ4n) is 2.99. The number of fused-ring (bicyclic) bond motifs is 1. The first-order valence-electron chi connectivity index (χ1n) is 8.83. The molecule has 0 radical (unpaired) electrons. The molecule has 6 heteroatoms. The van der Waals surface area contributed by atoms with E-state index in [1.165, 1.54) is 0 Å². The lowest BCUT2D eigenvalue weighted by molar-refractivity contribution is -0.118. The van der Waals surface area contributed by atoms with E-state index in [2.05, 4.69) is 15.1 Å². The van der Waals surface area contributed by atoms with Crippen molar-refractivity contribution in [1.82, 2.24) is 24.7 Å². The molecule has 4 heterocycles. The van der Waals surface area contributed by atoms with Gasteiger partial charge in [0.15, 0.2) is 0 Å². The summed E-state index contributed by atoms with van der Waals surface area (Å²) in [6, 6.07) is 9.72. The molecule has 27 heavy (non-hydrogen) atoms. The van der Waals surface area contributed by atoms with Crippen molar-refractivity contribution in [3.05, 3.63) is 72.6 Å². The Morgan fingerprint density at radius 1 is 1.15 bits per heavy atom. The molecule has 0 aliphatic rings. The van der Waals surface area contributed by atoms with Crippen LogP contribution in [0.3, 0.4) is 0 Å². The van der Waals surface area contributed by atoms with E-state index in [4.69, 9.17) is 4.98 Å². The number of carbonyl (C=O) groups is 1. The molecule has 0 aliphatic carbocycles. The van der Waals surface area contributed by atoms with E-state index in [1.807, 2.05) is 43.6 Å². The van der Waals surface area contributed by atoms with Gasteiger partial charge in [-0.1, -0.05) is 6.07 Å². The molecular formula is C21H19N5O. The largest absolute Gasteiger partial charge is 0.299 e. The Morgan fingerprint density at radius 3 is 2.85 bits per heavy atom. The van der Waals surface area contributed by atoms with Crippen molar-refractivity contribution in [2.45, 2.75) is 19.3 Å². The van der Waals surface area contributed by atoms with Gasteiger partial charge >= 0.3 is 0 Å². The molecule has 4 aromatic heterocycles. The van der Waals surface area contributed by atoms with Crippen molar-refractivity contribution in [3.8, 4) is 11.3 Å². The average molecular weight is 357 g/mol. The maximum Gasteiger partial charge on any atom is 0.139 e. The van der Waals surface area contributed by atoms with Crippen molar-refractivity contribution in [1.29, 1.82) is 0 Å².